The first-order valence-corrected chi connectivity index (χ1v) is 11.4. The maximum absolute atomic E-state index is 11.1. The summed E-state index contributed by atoms with van der Waals surface area (Å²) >= 11 is 0. The van der Waals surface area contributed by atoms with Crippen molar-refractivity contribution < 1.29 is 29.7 Å². The standard InChI is InChI=1S/2C7H8N2O3.C4H6N2O2.C3H4O.C2H6O.2CH4/c10-5-1-2-6(11)9-7(12)3-4-8(5)9;10-5-1-4-9-7(12)3-2-6(11)8-9;7-3-1-2-4(8)6-5-3;1-2-3-4;1-2-3;;/h1-2,7,12H,3-4H2;2-3,5H,1,4H2,(H,8,11);1-3,5,7H,(H,6,8);2-3H,1H2;3H,2H2,1H3;2*1H4/t7-;;;;;;/m1....../s1. The highest BCUT2D eigenvalue weighted by Crippen LogP contribution is 2.11. The van der Waals surface area contributed by atoms with Gasteiger partial charge in [0, 0.05) is 62.9 Å². The molecule has 16 heteroatoms. The predicted octanol–water partition coefficient (Wildman–Crippen LogP) is -1.83. The predicted molar refractivity (Wildman–Crippen MR) is 152 cm³/mol. The van der Waals surface area contributed by atoms with Gasteiger partial charge in [-0.3, -0.25) is 39.3 Å². The van der Waals surface area contributed by atoms with E-state index in [0.717, 1.165) is 15.4 Å². The maximum atomic E-state index is 11.1. The van der Waals surface area contributed by atoms with E-state index >= 15 is 0 Å². The van der Waals surface area contributed by atoms with Crippen LogP contribution in [0.15, 0.2) is 68.3 Å². The molecule has 0 bridgehead atoms. The number of aldehydes is 2. The van der Waals surface area contributed by atoms with Crippen LogP contribution in [0.2, 0.25) is 0 Å². The van der Waals surface area contributed by atoms with Gasteiger partial charge in [-0.15, -0.1) is 0 Å². The second-order valence-corrected chi connectivity index (χ2v) is 7.13. The van der Waals surface area contributed by atoms with E-state index in [1.807, 2.05) is 0 Å². The number of aromatic nitrogens is 4. The van der Waals surface area contributed by atoms with Crippen molar-refractivity contribution in [2.24, 2.45) is 0 Å². The summed E-state index contributed by atoms with van der Waals surface area (Å²) < 4.78 is 3.45. The molecule has 2 aliphatic rings. The molecule has 4 rings (SSSR count). The van der Waals surface area contributed by atoms with Gasteiger partial charge in [0.2, 0.25) is 0 Å². The van der Waals surface area contributed by atoms with Gasteiger partial charge < -0.3 is 20.1 Å². The SMILES string of the molecule is C.C.C=CC=O.CCO.O=C1C=CC(O)NN1.O=CCCn1[nH]c(=O)ccc1=O.O=c1ccc(=O)n2n1CC[C@H]2O. The molecule has 2 aromatic rings. The fourth-order valence-electron chi connectivity index (χ4n) is 2.64. The molecular formula is C25H40N6O10. The Balaban J connectivity index is -0.000000471. The van der Waals surface area contributed by atoms with Gasteiger partial charge in [-0.25, -0.2) is 19.5 Å². The lowest BCUT2D eigenvalue weighted by Crippen LogP contribution is -2.45. The van der Waals surface area contributed by atoms with E-state index in [4.69, 9.17) is 15.0 Å². The Hall–Kier alpha value is -4.51. The van der Waals surface area contributed by atoms with Crippen LogP contribution >= 0.6 is 0 Å². The Bertz CT molecular complexity index is 1320. The Labute approximate surface area is 235 Å². The van der Waals surface area contributed by atoms with E-state index in [9.17, 15) is 33.9 Å². The number of carbonyl (C=O) groups is 3. The van der Waals surface area contributed by atoms with Gasteiger partial charge >= 0.3 is 0 Å². The first-order valence-electron chi connectivity index (χ1n) is 11.4. The molecule has 0 aliphatic carbocycles. The van der Waals surface area contributed by atoms with E-state index in [2.05, 4.69) is 22.5 Å². The molecule has 41 heavy (non-hydrogen) atoms. The molecule has 0 fully saturated rings. The van der Waals surface area contributed by atoms with Crippen LogP contribution in [0.25, 0.3) is 0 Å². The largest absolute Gasteiger partial charge is 0.397 e. The van der Waals surface area contributed by atoms with Crippen molar-refractivity contribution in [2.45, 2.75) is 60.2 Å². The van der Waals surface area contributed by atoms with Crippen LogP contribution in [0.3, 0.4) is 0 Å². The molecule has 2 aromatic heterocycles. The highest BCUT2D eigenvalue weighted by atomic mass is 16.3. The average molecular weight is 585 g/mol. The fourth-order valence-corrected chi connectivity index (χ4v) is 2.64. The molecule has 0 spiro atoms. The third kappa shape index (κ3) is 16.3. The molecular weight excluding hydrogens is 544 g/mol. The Morgan fingerprint density at radius 2 is 1.56 bits per heavy atom. The monoisotopic (exact) mass is 584 g/mol. The number of nitrogens with zero attached hydrogens (tertiary/aromatic N) is 3. The lowest BCUT2D eigenvalue weighted by atomic mass is 10.4. The zero-order chi connectivity index (χ0) is 29.8. The molecule has 0 saturated carbocycles. The summed E-state index contributed by atoms with van der Waals surface area (Å²) in [5, 5.41) is 27.8. The van der Waals surface area contributed by atoms with E-state index in [0.29, 0.717) is 25.5 Å². The number of allylic oxidation sites excluding steroid dienone is 1. The van der Waals surface area contributed by atoms with Gasteiger partial charge in [0.25, 0.3) is 28.1 Å². The molecule has 0 saturated heterocycles. The quantitative estimate of drug-likeness (QED) is 0.173. The Kier molecular flexibility index (Phi) is 23.4. The number of aliphatic hydroxyl groups is 3. The zero-order valence-corrected chi connectivity index (χ0v) is 21.1. The topological polar surface area (TPSA) is 235 Å². The third-order valence-electron chi connectivity index (χ3n) is 4.22. The summed E-state index contributed by atoms with van der Waals surface area (Å²) in [5.74, 6) is -0.240. The molecule has 0 aromatic carbocycles. The van der Waals surface area contributed by atoms with Crippen molar-refractivity contribution in [1.29, 1.82) is 0 Å². The van der Waals surface area contributed by atoms with Crippen molar-refractivity contribution in [2.75, 3.05) is 6.61 Å². The molecule has 1 unspecified atom stereocenters. The maximum Gasteiger partial charge on any atom is 0.267 e. The number of H-pyrrole nitrogens is 1. The van der Waals surface area contributed by atoms with Crippen LogP contribution < -0.4 is 33.1 Å². The number of aromatic amines is 1. The Morgan fingerprint density at radius 1 is 1.00 bits per heavy atom. The van der Waals surface area contributed by atoms with Crippen LogP contribution in [-0.2, 0) is 27.5 Å². The fraction of sp³-hybridized carbons (Fsp3) is 0.400. The van der Waals surface area contributed by atoms with E-state index < -0.39 is 12.5 Å². The highest BCUT2D eigenvalue weighted by Gasteiger charge is 2.20. The van der Waals surface area contributed by atoms with Gasteiger partial charge in [0.1, 0.15) is 18.8 Å². The first kappa shape index (κ1) is 41.0. The lowest BCUT2D eigenvalue weighted by molar-refractivity contribution is -0.119. The van der Waals surface area contributed by atoms with Gasteiger partial charge in [-0.2, -0.15) is 0 Å². The molecule has 0 radical (unpaired) electrons. The number of hydrogen-bond donors (Lipinski definition) is 6. The number of nitrogens with one attached hydrogen (secondary N) is 3. The molecule has 1 amide bonds. The minimum Gasteiger partial charge on any atom is -0.397 e. The minimum atomic E-state index is -0.841. The van der Waals surface area contributed by atoms with Crippen molar-refractivity contribution in [3.05, 3.63) is 90.5 Å². The van der Waals surface area contributed by atoms with Crippen LogP contribution in [0.5, 0.6) is 0 Å². The van der Waals surface area contributed by atoms with Gasteiger partial charge in [-0.05, 0) is 19.1 Å². The van der Waals surface area contributed by atoms with Gasteiger partial charge in [0.05, 0.1) is 0 Å². The number of amides is 1. The van der Waals surface area contributed by atoms with Crippen molar-refractivity contribution >= 4 is 18.5 Å². The van der Waals surface area contributed by atoms with E-state index in [1.54, 1.807) is 6.92 Å². The first-order chi connectivity index (χ1) is 18.6. The molecule has 230 valence electrons. The normalized spacial score (nSPS) is 15.3. The Morgan fingerprint density at radius 3 is 2.02 bits per heavy atom. The van der Waals surface area contributed by atoms with Crippen molar-refractivity contribution in [3.8, 4) is 0 Å². The number of aryl methyl sites for hydroxylation is 1. The van der Waals surface area contributed by atoms with Gasteiger partial charge in [-0.1, -0.05) is 21.4 Å². The van der Waals surface area contributed by atoms with E-state index in [1.165, 1.54) is 41.1 Å². The number of aliphatic hydroxyl groups excluding tert-OH is 3. The number of hydrogen-bond acceptors (Lipinski definition) is 11. The third-order valence-corrected chi connectivity index (χ3v) is 4.22. The van der Waals surface area contributed by atoms with E-state index in [-0.39, 0.29) is 62.6 Å². The van der Waals surface area contributed by atoms with Crippen molar-refractivity contribution in [3.63, 3.8) is 0 Å². The summed E-state index contributed by atoms with van der Waals surface area (Å²) in [4.78, 5) is 73.1. The summed E-state index contributed by atoms with van der Waals surface area (Å²) in [6, 6.07) is 4.72. The van der Waals surface area contributed by atoms with Gasteiger partial charge in [0.15, 0.2) is 6.23 Å². The summed E-state index contributed by atoms with van der Waals surface area (Å²) in [7, 11) is 0. The summed E-state index contributed by atoms with van der Waals surface area (Å²) in [6.07, 6.45) is 4.22. The van der Waals surface area contributed by atoms with Crippen molar-refractivity contribution in [1.82, 2.24) is 30.0 Å². The van der Waals surface area contributed by atoms with Crippen LogP contribution in [0.1, 0.15) is 40.8 Å². The molecule has 6 N–H and O–H groups in total. The average Bonchev–Trinajstić information content (AvgIpc) is 3.32. The number of fused-ring (bicyclic) bond motifs is 1. The smallest absolute Gasteiger partial charge is 0.267 e. The number of rotatable bonds is 4. The van der Waals surface area contributed by atoms with Crippen LogP contribution in [-0.4, -0.2) is 65.8 Å². The number of hydrazine groups is 1. The molecule has 2 aliphatic heterocycles. The summed E-state index contributed by atoms with van der Waals surface area (Å²) in [5.41, 5.74) is 3.27. The minimum absolute atomic E-state index is 0. The summed E-state index contributed by atoms with van der Waals surface area (Å²) in [6.45, 7) is 5.68. The second-order valence-electron chi connectivity index (χ2n) is 7.13. The second kappa shape index (κ2) is 23.4. The molecule has 4 heterocycles. The van der Waals surface area contributed by atoms with Crippen LogP contribution in [0, 0.1) is 0 Å². The number of carbonyl (C=O) groups excluding carboxylic acids is 3. The molecule has 16 nitrogen and oxygen atoms in total. The lowest BCUT2D eigenvalue weighted by Gasteiger charge is -2.12. The van der Waals surface area contributed by atoms with Crippen LogP contribution in [0.4, 0.5) is 0 Å². The zero-order valence-electron chi connectivity index (χ0n) is 21.1. The molecule has 2 atom stereocenters. The highest BCUT2D eigenvalue weighted by molar-refractivity contribution is 5.87.